The van der Waals surface area contributed by atoms with E-state index in [-0.39, 0.29) is 30.1 Å². The number of carbonyl (C=O) groups excluding carboxylic acids is 2. The van der Waals surface area contributed by atoms with Crippen molar-refractivity contribution >= 4 is 41.5 Å². The van der Waals surface area contributed by atoms with Crippen molar-refractivity contribution in [3.8, 4) is 0 Å². The predicted molar refractivity (Wildman–Crippen MR) is 107 cm³/mol. The number of anilines is 1. The molecule has 2 saturated heterocycles. The summed E-state index contributed by atoms with van der Waals surface area (Å²) in [6.07, 6.45) is 3.27. The van der Waals surface area contributed by atoms with Crippen LogP contribution in [-0.2, 0) is 4.79 Å². The summed E-state index contributed by atoms with van der Waals surface area (Å²) < 4.78 is 0. The minimum atomic E-state index is -0.117. The average Bonchev–Trinajstić information content (AvgIpc) is 3.04. The van der Waals surface area contributed by atoms with E-state index in [9.17, 15) is 9.59 Å². The number of carbonyl (C=O) groups is 2. The van der Waals surface area contributed by atoms with Gasteiger partial charge in [-0.05, 0) is 49.4 Å². The second-order valence-electron chi connectivity index (χ2n) is 7.56. The number of nitrogens with one attached hydrogen (secondary N) is 2. The van der Waals surface area contributed by atoms with E-state index < -0.39 is 0 Å². The summed E-state index contributed by atoms with van der Waals surface area (Å²) >= 11 is 6.26. The summed E-state index contributed by atoms with van der Waals surface area (Å²) in [5, 5.41) is 6.69. The van der Waals surface area contributed by atoms with Gasteiger partial charge in [0.05, 0.1) is 10.6 Å². The molecule has 0 bridgehead atoms. The van der Waals surface area contributed by atoms with Gasteiger partial charge in [0.15, 0.2) is 0 Å². The monoisotopic (exact) mass is 399 g/mol. The van der Waals surface area contributed by atoms with Crippen molar-refractivity contribution in [2.75, 3.05) is 31.5 Å². The Kier molecular flexibility index (Phi) is 6.94. The predicted octanol–water partition coefficient (Wildman–Crippen LogP) is 3.57. The number of piperidine rings is 1. The molecule has 2 amide bonds. The molecule has 3 rings (SSSR count). The van der Waals surface area contributed by atoms with Crippen molar-refractivity contribution in [2.24, 2.45) is 11.3 Å². The molecule has 5 nitrogen and oxygen atoms in total. The van der Waals surface area contributed by atoms with E-state index in [4.69, 9.17) is 11.6 Å². The van der Waals surface area contributed by atoms with Gasteiger partial charge >= 0.3 is 0 Å². The van der Waals surface area contributed by atoms with Crippen LogP contribution in [0.1, 0.15) is 43.5 Å². The Morgan fingerprint density at radius 3 is 2.50 bits per heavy atom. The van der Waals surface area contributed by atoms with Crippen LogP contribution >= 0.6 is 24.0 Å². The first-order valence-corrected chi connectivity index (χ1v) is 9.38. The number of benzene rings is 1. The van der Waals surface area contributed by atoms with Crippen molar-refractivity contribution in [3.05, 3.63) is 28.8 Å². The summed E-state index contributed by atoms with van der Waals surface area (Å²) in [5.41, 5.74) is 1.44. The van der Waals surface area contributed by atoms with Gasteiger partial charge in [-0.3, -0.25) is 9.59 Å². The molecule has 2 heterocycles. The molecule has 0 saturated carbocycles. The van der Waals surface area contributed by atoms with E-state index in [0.717, 1.165) is 39.0 Å². The highest BCUT2D eigenvalue weighted by atomic mass is 35.5. The third-order valence-electron chi connectivity index (χ3n) is 5.43. The van der Waals surface area contributed by atoms with E-state index in [1.54, 1.807) is 18.2 Å². The van der Waals surface area contributed by atoms with Crippen LogP contribution in [0.3, 0.4) is 0 Å². The average molecular weight is 400 g/mol. The Morgan fingerprint density at radius 1 is 1.23 bits per heavy atom. The molecular weight excluding hydrogens is 373 g/mol. The van der Waals surface area contributed by atoms with Crippen LogP contribution in [0.15, 0.2) is 18.2 Å². The van der Waals surface area contributed by atoms with Crippen molar-refractivity contribution in [1.29, 1.82) is 0 Å². The van der Waals surface area contributed by atoms with E-state index >= 15 is 0 Å². The van der Waals surface area contributed by atoms with Crippen LogP contribution in [0.5, 0.6) is 0 Å². The lowest BCUT2D eigenvalue weighted by Gasteiger charge is -2.39. The smallest absolute Gasteiger partial charge is 0.255 e. The van der Waals surface area contributed by atoms with Crippen molar-refractivity contribution in [3.63, 3.8) is 0 Å². The molecule has 26 heavy (non-hydrogen) atoms. The van der Waals surface area contributed by atoms with E-state index in [1.807, 2.05) is 18.7 Å². The summed E-state index contributed by atoms with van der Waals surface area (Å²) in [6.45, 7) is 7.33. The van der Waals surface area contributed by atoms with Crippen LogP contribution in [0.25, 0.3) is 0 Å². The SMILES string of the molecule is CC(C)C(=O)Nc1ccc(Cl)c(C(=O)N2CCC3(CCNC3)CC2)c1.Cl. The fourth-order valence-electron chi connectivity index (χ4n) is 3.63. The third kappa shape index (κ3) is 4.51. The first-order valence-electron chi connectivity index (χ1n) is 9.01. The molecule has 2 aliphatic heterocycles. The lowest BCUT2D eigenvalue weighted by Crippen LogP contribution is -2.44. The summed E-state index contributed by atoms with van der Waals surface area (Å²) in [6, 6.07) is 5.10. The van der Waals surface area contributed by atoms with Gasteiger partial charge in [0.25, 0.3) is 5.91 Å². The van der Waals surface area contributed by atoms with Crippen LogP contribution in [0, 0.1) is 11.3 Å². The second-order valence-corrected chi connectivity index (χ2v) is 7.96. The lowest BCUT2D eigenvalue weighted by molar-refractivity contribution is -0.118. The number of nitrogens with zero attached hydrogens (tertiary/aromatic N) is 1. The topological polar surface area (TPSA) is 61.4 Å². The van der Waals surface area contributed by atoms with Gasteiger partial charge in [0, 0.05) is 31.2 Å². The molecular formula is C19H27Cl2N3O2. The summed E-state index contributed by atoms with van der Waals surface area (Å²) in [5.74, 6) is -0.242. The van der Waals surface area contributed by atoms with E-state index in [1.165, 1.54) is 6.42 Å². The molecule has 0 aliphatic carbocycles. The Hall–Kier alpha value is -1.30. The second kappa shape index (κ2) is 8.59. The van der Waals surface area contributed by atoms with Crippen LogP contribution in [-0.4, -0.2) is 42.9 Å². The fourth-order valence-corrected chi connectivity index (χ4v) is 3.83. The Balaban J connectivity index is 0.00000243. The number of amides is 2. The Labute approximate surface area is 166 Å². The highest BCUT2D eigenvalue weighted by Gasteiger charge is 2.38. The van der Waals surface area contributed by atoms with Gasteiger partial charge in [0.2, 0.25) is 5.91 Å². The highest BCUT2D eigenvalue weighted by molar-refractivity contribution is 6.34. The molecule has 1 aromatic rings. The van der Waals surface area contributed by atoms with E-state index in [2.05, 4.69) is 10.6 Å². The maximum atomic E-state index is 12.9. The van der Waals surface area contributed by atoms with Gasteiger partial charge in [-0.25, -0.2) is 0 Å². The molecule has 0 aromatic heterocycles. The third-order valence-corrected chi connectivity index (χ3v) is 5.76. The molecule has 2 N–H and O–H groups in total. The summed E-state index contributed by atoms with van der Waals surface area (Å²) in [7, 11) is 0. The molecule has 7 heteroatoms. The molecule has 1 spiro atoms. The minimum Gasteiger partial charge on any atom is -0.339 e. The molecule has 0 atom stereocenters. The van der Waals surface area contributed by atoms with Gasteiger partial charge in [-0.1, -0.05) is 25.4 Å². The zero-order valence-corrected chi connectivity index (χ0v) is 16.9. The minimum absolute atomic E-state index is 0. The first-order chi connectivity index (χ1) is 11.9. The van der Waals surface area contributed by atoms with Gasteiger partial charge < -0.3 is 15.5 Å². The molecule has 0 unspecified atom stereocenters. The molecule has 144 valence electrons. The normalized spacial score (nSPS) is 18.7. The Morgan fingerprint density at radius 2 is 1.92 bits per heavy atom. The lowest BCUT2D eigenvalue weighted by atomic mass is 9.78. The number of likely N-dealkylation sites (tertiary alicyclic amines) is 1. The zero-order valence-electron chi connectivity index (χ0n) is 15.3. The summed E-state index contributed by atoms with van der Waals surface area (Å²) in [4.78, 5) is 26.7. The largest absolute Gasteiger partial charge is 0.339 e. The highest BCUT2D eigenvalue weighted by Crippen LogP contribution is 2.37. The standard InChI is InChI=1S/C19H26ClN3O2.ClH/c1-13(2)17(24)22-14-3-4-16(20)15(11-14)18(25)23-9-6-19(7-10-23)5-8-21-12-19;/h3-4,11,13,21H,5-10,12H2,1-2H3,(H,22,24);1H. The van der Waals surface area contributed by atoms with Gasteiger partial charge in [-0.15, -0.1) is 12.4 Å². The van der Waals surface area contributed by atoms with Crippen molar-refractivity contribution < 1.29 is 9.59 Å². The maximum absolute atomic E-state index is 12.9. The van der Waals surface area contributed by atoms with Gasteiger partial charge in [0.1, 0.15) is 0 Å². The maximum Gasteiger partial charge on any atom is 0.255 e. The number of rotatable bonds is 3. The number of hydrogen-bond donors (Lipinski definition) is 2. The quantitative estimate of drug-likeness (QED) is 0.816. The first kappa shape index (κ1) is 21.0. The molecule has 0 radical (unpaired) electrons. The molecule has 1 aromatic carbocycles. The molecule has 2 fully saturated rings. The fraction of sp³-hybridized carbons (Fsp3) is 0.579. The van der Waals surface area contributed by atoms with E-state index in [0.29, 0.717) is 21.7 Å². The number of hydrogen-bond acceptors (Lipinski definition) is 3. The molecule has 2 aliphatic rings. The van der Waals surface area contributed by atoms with Crippen LogP contribution in [0.2, 0.25) is 5.02 Å². The zero-order chi connectivity index (χ0) is 18.0. The van der Waals surface area contributed by atoms with Crippen molar-refractivity contribution in [2.45, 2.75) is 33.1 Å². The number of halogens is 2. The Bertz CT molecular complexity index is 663. The van der Waals surface area contributed by atoms with Crippen LogP contribution < -0.4 is 10.6 Å². The van der Waals surface area contributed by atoms with Gasteiger partial charge in [-0.2, -0.15) is 0 Å². The van der Waals surface area contributed by atoms with Crippen molar-refractivity contribution in [1.82, 2.24) is 10.2 Å². The van der Waals surface area contributed by atoms with Crippen LogP contribution in [0.4, 0.5) is 5.69 Å².